The summed E-state index contributed by atoms with van der Waals surface area (Å²) in [4.78, 5) is 23.8. The number of fused-ring (bicyclic) bond motifs is 1. The van der Waals surface area contributed by atoms with Crippen LogP contribution in [0.1, 0.15) is 42.7 Å². The molecule has 4 rings (SSSR count). The molecule has 2 aromatic rings. The lowest BCUT2D eigenvalue weighted by molar-refractivity contribution is -0.115. The van der Waals surface area contributed by atoms with Gasteiger partial charge in [0.1, 0.15) is 0 Å². The Kier molecular flexibility index (Phi) is 4.28. The first-order valence-corrected chi connectivity index (χ1v) is 8.77. The molecule has 0 unspecified atom stereocenters. The van der Waals surface area contributed by atoms with E-state index in [0.29, 0.717) is 17.2 Å². The lowest BCUT2D eigenvalue weighted by Crippen LogP contribution is -2.40. The molecule has 2 amide bonds. The number of ether oxygens (including phenoxy) is 2. The number of benzene rings is 1. The second-order valence-electron chi connectivity index (χ2n) is 6.55. The SMILES string of the molecule is O=C(CNC(=O)c1ccco1)Nc1ccc2c(c1)OC1(CCCCC1)O2. The van der Waals surface area contributed by atoms with Crippen LogP contribution in [0, 0.1) is 0 Å². The van der Waals surface area contributed by atoms with E-state index in [2.05, 4.69) is 10.6 Å². The summed E-state index contributed by atoms with van der Waals surface area (Å²) in [5.41, 5.74) is 0.595. The van der Waals surface area contributed by atoms with Gasteiger partial charge in [-0.1, -0.05) is 6.42 Å². The molecule has 26 heavy (non-hydrogen) atoms. The Hall–Kier alpha value is -2.96. The number of carbonyl (C=O) groups is 2. The number of furan rings is 1. The molecular weight excluding hydrogens is 336 g/mol. The highest BCUT2D eigenvalue weighted by molar-refractivity contribution is 5.98. The zero-order valence-electron chi connectivity index (χ0n) is 14.2. The van der Waals surface area contributed by atoms with Crippen LogP contribution in [0.2, 0.25) is 0 Å². The van der Waals surface area contributed by atoms with Gasteiger partial charge in [0.15, 0.2) is 17.3 Å². The van der Waals surface area contributed by atoms with Crippen LogP contribution in [0.3, 0.4) is 0 Å². The van der Waals surface area contributed by atoms with Crippen LogP contribution in [0.4, 0.5) is 5.69 Å². The highest BCUT2D eigenvalue weighted by Gasteiger charge is 2.42. The van der Waals surface area contributed by atoms with Gasteiger partial charge in [-0.05, 0) is 37.1 Å². The van der Waals surface area contributed by atoms with Crippen LogP contribution >= 0.6 is 0 Å². The highest BCUT2D eigenvalue weighted by Crippen LogP contribution is 2.46. The Morgan fingerprint density at radius 1 is 1.04 bits per heavy atom. The largest absolute Gasteiger partial charge is 0.459 e. The van der Waals surface area contributed by atoms with E-state index < -0.39 is 11.7 Å². The maximum Gasteiger partial charge on any atom is 0.287 e. The lowest BCUT2D eigenvalue weighted by atomic mass is 9.94. The summed E-state index contributed by atoms with van der Waals surface area (Å²) in [5, 5.41) is 5.25. The predicted molar refractivity (Wildman–Crippen MR) is 93.2 cm³/mol. The van der Waals surface area contributed by atoms with Gasteiger partial charge < -0.3 is 24.5 Å². The average molecular weight is 356 g/mol. The zero-order chi connectivity index (χ0) is 18.0. The summed E-state index contributed by atoms with van der Waals surface area (Å²) in [6.07, 6.45) is 6.54. The smallest absolute Gasteiger partial charge is 0.287 e. The molecule has 1 spiro atoms. The van der Waals surface area contributed by atoms with Crippen LogP contribution in [-0.4, -0.2) is 24.1 Å². The van der Waals surface area contributed by atoms with E-state index >= 15 is 0 Å². The molecule has 0 saturated heterocycles. The summed E-state index contributed by atoms with van der Waals surface area (Å²) in [6.45, 7) is -0.155. The average Bonchev–Trinajstić information content (AvgIpc) is 3.28. The number of rotatable bonds is 4. The topological polar surface area (TPSA) is 89.8 Å². The minimum atomic E-state index is -0.541. The Morgan fingerprint density at radius 3 is 2.62 bits per heavy atom. The summed E-state index contributed by atoms with van der Waals surface area (Å²) in [5.74, 6) is 0.200. The fourth-order valence-electron chi connectivity index (χ4n) is 3.33. The number of amides is 2. The van der Waals surface area contributed by atoms with E-state index in [1.807, 2.05) is 0 Å². The quantitative estimate of drug-likeness (QED) is 0.879. The molecule has 0 radical (unpaired) electrons. The van der Waals surface area contributed by atoms with Crippen LogP contribution in [0.5, 0.6) is 11.5 Å². The second-order valence-corrected chi connectivity index (χ2v) is 6.55. The van der Waals surface area contributed by atoms with Gasteiger partial charge in [-0.25, -0.2) is 0 Å². The lowest BCUT2D eigenvalue weighted by Gasteiger charge is -2.31. The second kappa shape index (κ2) is 6.74. The molecule has 1 fully saturated rings. The number of hydrogen-bond acceptors (Lipinski definition) is 5. The van der Waals surface area contributed by atoms with Crippen LogP contribution < -0.4 is 20.1 Å². The predicted octanol–water partition coefficient (Wildman–Crippen LogP) is 3.08. The third kappa shape index (κ3) is 3.37. The Labute approximate surface area is 150 Å². The Morgan fingerprint density at radius 2 is 1.85 bits per heavy atom. The third-order valence-electron chi connectivity index (χ3n) is 4.59. The number of carbonyl (C=O) groups excluding carboxylic acids is 2. The maximum atomic E-state index is 12.1. The monoisotopic (exact) mass is 356 g/mol. The van der Waals surface area contributed by atoms with Gasteiger partial charge in [-0.15, -0.1) is 0 Å². The normalized spacial score (nSPS) is 17.1. The first-order valence-electron chi connectivity index (χ1n) is 8.77. The van der Waals surface area contributed by atoms with Crippen molar-refractivity contribution in [3.8, 4) is 11.5 Å². The molecule has 1 saturated carbocycles. The van der Waals surface area contributed by atoms with Gasteiger partial charge in [0.2, 0.25) is 5.91 Å². The van der Waals surface area contributed by atoms with Gasteiger partial charge in [-0.3, -0.25) is 9.59 Å². The molecule has 136 valence electrons. The Bertz CT molecular complexity index is 809. The molecule has 1 aliphatic heterocycles. The Balaban J connectivity index is 1.34. The molecule has 0 bridgehead atoms. The molecule has 1 aromatic heterocycles. The minimum Gasteiger partial charge on any atom is -0.459 e. The standard InChI is InChI=1S/C19H20N2O5/c22-17(12-20-18(23)15-5-4-10-24-15)21-13-6-7-14-16(11-13)26-19(25-14)8-2-1-3-9-19/h4-7,10-11H,1-3,8-9,12H2,(H,20,23)(H,21,22). The highest BCUT2D eigenvalue weighted by atomic mass is 16.7. The van der Waals surface area contributed by atoms with Crippen LogP contribution in [0.15, 0.2) is 41.0 Å². The van der Waals surface area contributed by atoms with Crippen LogP contribution in [0.25, 0.3) is 0 Å². The van der Waals surface area contributed by atoms with Crippen molar-refractivity contribution >= 4 is 17.5 Å². The molecule has 2 heterocycles. The summed E-state index contributed by atoms with van der Waals surface area (Å²) >= 11 is 0. The maximum absolute atomic E-state index is 12.1. The first kappa shape index (κ1) is 16.5. The van der Waals surface area contributed by atoms with E-state index in [1.165, 1.54) is 18.8 Å². The van der Waals surface area contributed by atoms with Gasteiger partial charge in [0, 0.05) is 24.6 Å². The molecular formula is C19H20N2O5. The molecule has 7 nitrogen and oxygen atoms in total. The van der Waals surface area contributed by atoms with Crippen LogP contribution in [-0.2, 0) is 4.79 Å². The van der Waals surface area contributed by atoms with Gasteiger partial charge in [0.25, 0.3) is 11.7 Å². The number of hydrogen-bond donors (Lipinski definition) is 2. The summed E-state index contributed by atoms with van der Waals surface area (Å²) in [6, 6.07) is 8.46. The minimum absolute atomic E-state index is 0.155. The first-order chi connectivity index (χ1) is 12.6. The molecule has 0 atom stereocenters. The number of nitrogens with one attached hydrogen (secondary N) is 2. The van der Waals surface area contributed by atoms with Gasteiger partial charge in [-0.2, -0.15) is 0 Å². The van der Waals surface area contributed by atoms with Gasteiger partial charge in [0.05, 0.1) is 12.8 Å². The van der Waals surface area contributed by atoms with Crippen molar-refractivity contribution in [1.82, 2.24) is 5.32 Å². The van der Waals surface area contributed by atoms with Gasteiger partial charge >= 0.3 is 0 Å². The molecule has 2 aliphatic rings. The van der Waals surface area contributed by atoms with Crippen molar-refractivity contribution in [2.24, 2.45) is 0 Å². The fourth-order valence-corrected chi connectivity index (χ4v) is 3.33. The van der Waals surface area contributed by atoms with E-state index in [1.54, 1.807) is 24.3 Å². The molecule has 1 aromatic carbocycles. The third-order valence-corrected chi connectivity index (χ3v) is 4.59. The molecule has 1 aliphatic carbocycles. The van der Waals surface area contributed by atoms with Crippen molar-refractivity contribution in [2.75, 3.05) is 11.9 Å². The van der Waals surface area contributed by atoms with Crippen molar-refractivity contribution < 1.29 is 23.5 Å². The van der Waals surface area contributed by atoms with Crippen molar-refractivity contribution in [3.63, 3.8) is 0 Å². The zero-order valence-corrected chi connectivity index (χ0v) is 14.2. The van der Waals surface area contributed by atoms with E-state index in [0.717, 1.165) is 25.7 Å². The molecule has 7 heteroatoms. The van der Waals surface area contributed by atoms with E-state index in [-0.39, 0.29) is 18.2 Å². The van der Waals surface area contributed by atoms with Crippen molar-refractivity contribution in [2.45, 2.75) is 37.9 Å². The van der Waals surface area contributed by atoms with Crippen molar-refractivity contribution in [1.29, 1.82) is 0 Å². The molecule has 2 N–H and O–H groups in total. The van der Waals surface area contributed by atoms with Crippen molar-refractivity contribution in [3.05, 3.63) is 42.4 Å². The van der Waals surface area contributed by atoms with E-state index in [9.17, 15) is 9.59 Å². The van der Waals surface area contributed by atoms with E-state index in [4.69, 9.17) is 13.9 Å². The summed E-state index contributed by atoms with van der Waals surface area (Å²) in [7, 11) is 0. The number of anilines is 1. The summed E-state index contributed by atoms with van der Waals surface area (Å²) < 4.78 is 17.0. The fraction of sp³-hybridized carbons (Fsp3) is 0.368.